The number of ether oxygens (including phenoxy) is 2. The van der Waals surface area contributed by atoms with Crippen molar-refractivity contribution in [1.29, 1.82) is 0 Å². The van der Waals surface area contributed by atoms with Gasteiger partial charge in [0, 0.05) is 13.7 Å². The quantitative estimate of drug-likeness (QED) is 0.556. The van der Waals surface area contributed by atoms with E-state index in [2.05, 4.69) is 10.6 Å². The van der Waals surface area contributed by atoms with Crippen molar-refractivity contribution >= 4 is 5.91 Å². The fourth-order valence-electron chi connectivity index (χ4n) is 1.27. The van der Waals surface area contributed by atoms with Crippen molar-refractivity contribution in [3.05, 3.63) is 0 Å². The Hall–Kier alpha value is -0.650. The third-order valence-corrected chi connectivity index (χ3v) is 1.83. The topological polar surface area (TPSA) is 59.6 Å². The van der Waals surface area contributed by atoms with Crippen LogP contribution >= 0.6 is 0 Å². The predicted molar refractivity (Wildman–Crippen MR) is 42.6 cm³/mol. The van der Waals surface area contributed by atoms with E-state index >= 15 is 0 Å². The van der Waals surface area contributed by atoms with Crippen molar-refractivity contribution in [3.8, 4) is 0 Å². The molecule has 0 radical (unpaired) electrons. The summed E-state index contributed by atoms with van der Waals surface area (Å²) in [5, 5.41) is 5.50. The Morgan fingerprint density at radius 2 is 2.58 bits per heavy atom. The Bertz CT molecular complexity index is 166. The van der Waals surface area contributed by atoms with E-state index in [1.54, 1.807) is 14.2 Å². The molecule has 5 heteroatoms. The molecule has 0 spiro atoms. The van der Waals surface area contributed by atoms with Crippen LogP contribution < -0.4 is 10.6 Å². The molecule has 1 rings (SSSR count). The highest BCUT2D eigenvalue weighted by molar-refractivity contribution is 5.87. The molecule has 12 heavy (non-hydrogen) atoms. The van der Waals surface area contributed by atoms with Gasteiger partial charge in [0.2, 0.25) is 0 Å². The number of rotatable bonds is 4. The van der Waals surface area contributed by atoms with E-state index < -0.39 is 5.60 Å². The van der Waals surface area contributed by atoms with E-state index in [9.17, 15) is 4.79 Å². The minimum absolute atomic E-state index is 0.112. The molecule has 0 aliphatic carbocycles. The fraction of sp³-hybridized carbons (Fsp3) is 0.857. The van der Waals surface area contributed by atoms with E-state index in [1.165, 1.54) is 0 Å². The molecule has 1 atom stereocenters. The van der Waals surface area contributed by atoms with Gasteiger partial charge in [-0.15, -0.1) is 0 Å². The monoisotopic (exact) mass is 174 g/mol. The number of nitrogens with one attached hydrogen (secondary N) is 2. The lowest BCUT2D eigenvalue weighted by atomic mass is 10.1. The summed E-state index contributed by atoms with van der Waals surface area (Å²) in [6.45, 7) is 1.01. The van der Waals surface area contributed by atoms with Gasteiger partial charge < -0.3 is 20.1 Å². The summed E-state index contributed by atoms with van der Waals surface area (Å²) in [7, 11) is 3.32. The molecule has 0 aromatic carbocycles. The molecule has 1 heterocycles. The summed E-state index contributed by atoms with van der Waals surface area (Å²) in [4.78, 5) is 11.3. The third kappa shape index (κ3) is 1.57. The molecule has 1 saturated heterocycles. The van der Waals surface area contributed by atoms with Gasteiger partial charge in [-0.05, 0) is 7.05 Å². The van der Waals surface area contributed by atoms with E-state index in [0.717, 1.165) is 0 Å². The largest absolute Gasteiger partial charge is 0.381 e. The van der Waals surface area contributed by atoms with Crippen LogP contribution in [0.15, 0.2) is 0 Å². The Kier molecular flexibility index (Phi) is 3.02. The van der Waals surface area contributed by atoms with Gasteiger partial charge in [-0.1, -0.05) is 0 Å². The van der Waals surface area contributed by atoms with Gasteiger partial charge in [-0.25, -0.2) is 0 Å². The van der Waals surface area contributed by atoms with Crippen LogP contribution in [0.5, 0.6) is 0 Å². The van der Waals surface area contributed by atoms with Gasteiger partial charge in [0.05, 0.1) is 6.61 Å². The van der Waals surface area contributed by atoms with Crippen molar-refractivity contribution in [1.82, 2.24) is 10.6 Å². The maximum atomic E-state index is 11.3. The van der Waals surface area contributed by atoms with Gasteiger partial charge in [-0.2, -0.15) is 0 Å². The van der Waals surface area contributed by atoms with Crippen LogP contribution in [0.4, 0.5) is 0 Å². The first-order valence-corrected chi connectivity index (χ1v) is 3.81. The minimum Gasteiger partial charge on any atom is -0.381 e. The smallest absolute Gasteiger partial charge is 0.257 e. The van der Waals surface area contributed by atoms with Crippen LogP contribution in [0.25, 0.3) is 0 Å². The van der Waals surface area contributed by atoms with E-state index in [1.807, 2.05) is 0 Å². The van der Waals surface area contributed by atoms with Crippen molar-refractivity contribution < 1.29 is 14.3 Å². The SMILES string of the molecule is CNCC1(COC)OCNC1=O. The average Bonchev–Trinajstić information content (AvgIpc) is 2.35. The zero-order chi connectivity index (χ0) is 9.03. The molecule has 1 amide bonds. The molecule has 1 aliphatic rings. The lowest BCUT2D eigenvalue weighted by Gasteiger charge is -2.23. The van der Waals surface area contributed by atoms with Crippen LogP contribution in [0.1, 0.15) is 0 Å². The third-order valence-electron chi connectivity index (χ3n) is 1.83. The van der Waals surface area contributed by atoms with Gasteiger partial charge in [-0.3, -0.25) is 4.79 Å². The first-order chi connectivity index (χ1) is 5.75. The molecule has 5 nitrogen and oxygen atoms in total. The van der Waals surface area contributed by atoms with Crippen LogP contribution in [0.3, 0.4) is 0 Å². The summed E-state index contributed by atoms with van der Waals surface area (Å²) < 4.78 is 10.2. The highest BCUT2D eigenvalue weighted by Gasteiger charge is 2.43. The van der Waals surface area contributed by atoms with Crippen molar-refractivity contribution in [2.45, 2.75) is 5.60 Å². The van der Waals surface area contributed by atoms with Crippen LogP contribution in [-0.2, 0) is 14.3 Å². The summed E-state index contributed by atoms with van der Waals surface area (Å²) in [5.41, 5.74) is -0.830. The molecule has 1 unspecified atom stereocenters. The molecule has 1 aliphatic heterocycles. The number of carbonyl (C=O) groups is 1. The van der Waals surface area contributed by atoms with Gasteiger partial charge in [0.25, 0.3) is 5.91 Å². The maximum Gasteiger partial charge on any atom is 0.257 e. The zero-order valence-electron chi connectivity index (χ0n) is 7.35. The molecular weight excluding hydrogens is 160 g/mol. The van der Waals surface area contributed by atoms with Crippen molar-refractivity contribution in [3.63, 3.8) is 0 Å². The molecule has 2 N–H and O–H groups in total. The number of methoxy groups -OCH3 is 1. The van der Waals surface area contributed by atoms with Crippen LogP contribution in [0, 0.1) is 0 Å². The first kappa shape index (κ1) is 9.44. The maximum absolute atomic E-state index is 11.3. The fourth-order valence-corrected chi connectivity index (χ4v) is 1.27. The van der Waals surface area contributed by atoms with E-state index in [4.69, 9.17) is 9.47 Å². The normalized spacial score (nSPS) is 29.0. The van der Waals surface area contributed by atoms with Gasteiger partial charge >= 0.3 is 0 Å². The second kappa shape index (κ2) is 3.84. The van der Waals surface area contributed by atoms with Gasteiger partial charge in [0.15, 0.2) is 5.60 Å². The standard InChI is InChI=1S/C7H14N2O3/c1-8-3-7(4-11-2)6(10)9-5-12-7/h8H,3-5H2,1-2H3,(H,9,10). The molecule has 0 bridgehead atoms. The summed E-state index contributed by atoms with van der Waals surface area (Å²) in [5.74, 6) is -0.112. The lowest BCUT2D eigenvalue weighted by Crippen LogP contribution is -2.50. The Labute approximate surface area is 71.4 Å². The number of carbonyl (C=O) groups excluding carboxylic acids is 1. The van der Waals surface area contributed by atoms with E-state index in [0.29, 0.717) is 6.54 Å². The van der Waals surface area contributed by atoms with Crippen LogP contribution in [-0.4, -0.2) is 45.5 Å². The molecule has 0 saturated carbocycles. The van der Waals surface area contributed by atoms with Crippen molar-refractivity contribution in [2.75, 3.05) is 34.0 Å². The Morgan fingerprint density at radius 3 is 3.00 bits per heavy atom. The zero-order valence-corrected chi connectivity index (χ0v) is 7.35. The Balaban J connectivity index is 2.63. The molecule has 1 fully saturated rings. The predicted octanol–water partition coefficient (Wildman–Crippen LogP) is -1.31. The van der Waals surface area contributed by atoms with Gasteiger partial charge in [0.1, 0.15) is 6.73 Å². The lowest BCUT2D eigenvalue weighted by molar-refractivity contribution is -0.137. The number of hydrogen-bond acceptors (Lipinski definition) is 4. The van der Waals surface area contributed by atoms with Crippen molar-refractivity contribution in [2.24, 2.45) is 0 Å². The number of hydrogen-bond donors (Lipinski definition) is 2. The summed E-state index contributed by atoms with van der Waals surface area (Å²) in [6.07, 6.45) is 0. The molecule has 0 aromatic heterocycles. The number of amides is 1. The molecule has 70 valence electrons. The summed E-state index contributed by atoms with van der Waals surface area (Å²) in [6, 6.07) is 0. The average molecular weight is 174 g/mol. The second-order valence-electron chi connectivity index (χ2n) is 2.75. The number of likely N-dealkylation sites (N-methyl/N-ethyl adjacent to an activating group) is 1. The highest BCUT2D eigenvalue weighted by atomic mass is 16.6. The Morgan fingerprint density at radius 1 is 1.83 bits per heavy atom. The first-order valence-electron chi connectivity index (χ1n) is 3.81. The van der Waals surface area contributed by atoms with Crippen LogP contribution in [0.2, 0.25) is 0 Å². The molecule has 0 aromatic rings. The second-order valence-corrected chi connectivity index (χ2v) is 2.75. The molecular formula is C7H14N2O3. The van der Waals surface area contributed by atoms with E-state index in [-0.39, 0.29) is 19.2 Å². The highest BCUT2D eigenvalue weighted by Crippen LogP contribution is 2.15. The minimum atomic E-state index is -0.830. The summed E-state index contributed by atoms with van der Waals surface area (Å²) >= 11 is 0.